The maximum Gasteiger partial charge on any atom is 0.137 e. The molecule has 10 aromatic rings. The zero-order valence-electron chi connectivity index (χ0n) is 38.0. The number of para-hydroxylation sites is 2. The lowest BCUT2D eigenvalue weighted by Gasteiger charge is -2.29. The lowest BCUT2D eigenvalue weighted by Crippen LogP contribution is -2.37. The fraction of sp³-hybridized carbons (Fsp3) is 0.0968. The summed E-state index contributed by atoms with van der Waals surface area (Å²) in [5, 5.41) is 6.22. The highest BCUT2D eigenvalue weighted by Gasteiger charge is 2.36. The molecule has 0 N–H and O–H groups in total. The molecule has 0 fully saturated rings. The largest absolute Gasteiger partial charge is 0.456 e. The monoisotopic (exact) mass is 866 g/mol. The van der Waals surface area contributed by atoms with E-state index in [9.17, 15) is 0 Å². The van der Waals surface area contributed by atoms with Gasteiger partial charge in [-0.25, -0.2) is 0 Å². The third-order valence-corrected chi connectivity index (χ3v) is 16.0. The first-order chi connectivity index (χ1) is 32.1. The molecule has 4 heteroatoms. The SMILES string of the molecule is CC1(C)c2ccccc2-c2ccc(N(c3ccccc3)c3ccc4c(c3)Oc3cccc5c3c-4cc3ccc(-c4ccc(N(c6ccccc6)c6ccc([Si](C)(C)C)cc6)cc4)cc35)cc21. The van der Waals surface area contributed by atoms with Gasteiger partial charge in [-0.15, -0.1) is 0 Å². The van der Waals surface area contributed by atoms with Gasteiger partial charge in [-0.3, -0.25) is 0 Å². The highest BCUT2D eigenvalue weighted by atomic mass is 28.3. The van der Waals surface area contributed by atoms with E-state index < -0.39 is 8.07 Å². The quantitative estimate of drug-likeness (QED) is 0.112. The summed E-state index contributed by atoms with van der Waals surface area (Å²) in [7, 11) is -1.42. The van der Waals surface area contributed by atoms with Crippen LogP contribution in [0.2, 0.25) is 19.6 Å². The summed E-state index contributed by atoms with van der Waals surface area (Å²) in [4.78, 5) is 4.71. The van der Waals surface area contributed by atoms with Crippen molar-refractivity contribution >= 4 is 68.9 Å². The van der Waals surface area contributed by atoms with Gasteiger partial charge in [0.15, 0.2) is 0 Å². The number of fused-ring (bicyclic) bond motifs is 7. The normalized spacial score (nSPS) is 13.2. The van der Waals surface area contributed by atoms with Crippen LogP contribution in [-0.2, 0) is 5.41 Å². The number of hydrogen-bond acceptors (Lipinski definition) is 3. The van der Waals surface area contributed by atoms with E-state index in [0.717, 1.165) is 56.6 Å². The maximum absolute atomic E-state index is 6.93. The van der Waals surface area contributed by atoms with Crippen LogP contribution in [0.4, 0.5) is 34.1 Å². The molecule has 2 aliphatic rings. The predicted octanol–water partition coefficient (Wildman–Crippen LogP) is 17.2. The molecule has 12 rings (SSSR count). The van der Waals surface area contributed by atoms with E-state index >= 15 is 0 Å². The second-order valence-electron chi connectivity index (χ2n) is 19.4. The Bertz CT molecular complexity index is 3500. The van der Waals surface area contributed by atoms with Crippen molar-refractivity contribution in [1.29, 1.82) is 0 Å². The summed E-state index contributed by atoms with van der Waals surface area (Å²) < 4.78 is 6.93. The summed E-state index contributed by atoms with van der Waals surface area (Å²) in [6.07, 6.45) is 0. The maximum atomic E-state index is 6.93. The molecular weight excluding hydrogens is 817 g/mol. The van der Waals surface area contributed by atoms with Crippen LogP contribution in [-0.4, -0.2) is 8.07 Å². The van der Waals surface area contributed by atoms with Crippen molar-refractivity contribution in [3.05, 3.63) is 223 Å². The molecule has 0 spiro atoms. The van der Waals surface area contributed by atoms with Crippen molar-refractivity contribution in [2.75, 3.05) is 9.80 Å². The smallest absolute Gasteiger partial charge is 0.137 e. The molecule has 318 valence electrons. The molecule has 0 amide bonds. The van der Waals surface area contributed by atoms with Gasteiger partial charge in [0.2, 0.25) is 0 Å². The minimum atomic E-state index is -1.42. The van der Waals surface area contributed by atoms with Crippen LogP contribution in [0.5, 0.6) is 11.5 Å². The Kier molecular flexibility index (Phi) is 9.20. The second-order valence-corrected chi connectivity index (χ2v) is 24.5. The average molecular weight is 867 g/mol. The molecule has 0 radical (unpaired) electrons. The van der Waals surface area contributed by atoms with Gasteiger partial charge in [-0.1, -0.05) is 154 Å². The second kappa shape index (κ2) is 15.2. The summed E-state index contributed by atoms with van der Waals surface area (Å²) in [6, 6.07) is 77.8. The van der Waals surface area contributed by atoms with Gasteiger partial charge in [0.05, 0.1) is 8.07 Å². The summed E-state index contributed by atoms with van der Waals surface area (Å²) in [6.45, 7) is 11.9. The fourth-order valence-electron chi connectivity index (χ4n) is 10.5. The van der Waals surface area contributed by atoms with Gasteiger partial charge in [0, 0.05) is 56.6 Å². The van der Waals surface area contributed by atoms with Crippen molar-refractivity contribution in [3.63, 3.8) is 0 Å². The Morgan fingerprint density at radius 2 is 0.939 bits per heavy atom. The van der Waals surface area contributed by atoms with Gasteiger partial charge in [-0.2, -0.15) is 0 Å². The van der Waals surface area contributed by atoms with Crippen LogP contribution in [0.1, 0.15) is 25.0 Å². The molecule has 0 bridgehead atoms. The lowest BCUT2D eigenvalue weighted by atomic mass is 9.82. The molecule has 66 heavy (non-hydrogen) atoms. The van der Waals surface area contributed by atoms with E-state index in [1.54, 1.807) is 0 Å². The van der Waals surface area contributed by atoms with Crippen LogP contribution in [0.3, 0.4) is 0 Å². The molecule has 10 aromatic carbocycles. The number of hydrogen-bond donors (Lipinski definition) is 0. The summed E-state index contributed by atoms with van der Waals surface area (Å²) >= 11 is 0. The van der Waals surface area contributed by atoms with E-state index in [-0.39, 0.29) is 5.41 Å². The molecular formula is C62H50N2OSi. The Balaban J connectivity index is 0.904. The van der Waals surface area contributed by atoms with Crippen molar-refractivity contribution in [3.8, 4) is 44.9 Å². The highest BCUT2D eigenvalue weighted by Crippen LogP contribution is 2.53. The zero-order chi connectivity index (χ0) is 44.7. The highest BCUT2D eigenvalue weighted by molar-refractivity contribution is 6.88. The predicted molar refractivity (Wildman–Crippen MR) is 282 cm³/mol. The van der Waals surface area contributed by atoms with Crippen molar-refractivity contribution in [1.82, 2.24) is 0 Å². The van der Waals surface area contributed by atoms with Crippen LogP contribution in [0, 0.1) is 0 Å². The molecule has 1 aliphatic carbocycles. The summed E-state index contributed by atoms with van der Waals surface area (Å²) in [5.41, 5.74) is 16.6. The first-order valence-electron chi connectivity index (χ1n) is 23.1. The Morgan fingerprint density at radius 3 is 1.64 bits per heavy atom. The third kappa shape index (κ3) is 6.55. The minimum Gasteiger partial charge on any atom is -0.456 e. The van der Waals surface area contributed by atoms with Crippen molar-refractivity contribution < 1.29 is 4.74 Å². The number of anilines is 6. The van der Waals surface area contributed by atoms with Crippen LogP contribution in [0.25, 0.3) is 54.9 Å². The van der Waals surface area contributed by atoms with Gasteiger partial charge in [-0.05, 0) is 146 Å². The molecule has 1 aliphatic heterocycles. The molecule has 0 saturated carbocycles. The molecule has 1 heterocycles. The molecule has 3 nitrogen and oxygen atoms in total. The van der Waals surface area contributed by atoms with E-state index in [4.69, 9.17) is 4.74 Å². The first kappa shape index (κ1) is 39.9. The average Bonchev–Trinajstić information content (AvgIpc) is 3.57. The Hall–Kier alpha value is -7.66. The number of ether oxygens (including phenoxy) is 1. The van der Waals surface area contributed by atoms with E-state index in [1.165, 1.54) is 60.3 Å². The topological polar surface area (TPSA) is 15.7 Å². The fourth-order valence-corrected chi connectivity index (χ4v) is 11.7. The van der Waals surface area contributed by atoms with Gasteiger partial charge >= 0.3 is 0 Å². The Morgan fingerprint density at radius 1 is 0.379 bits per heavy atom. The molecule has 0 unspecified atom stereocenters. The standard InChI is InChI=1S/C62H50N2OSi/c1-62(2)57-21-13-12-19-51(57)52-35-31-48(39-58(52)62)64(45-17-10-7-11-18-45)49-32-36-53-56-38-43-24-23-42(37-55(43)54-20-14-22-59(61(54)56)65-60(53)40-49)41-25-27-46(28-26-41)63(44-15-8-6-9-16-44)47-29-33-50(34-30-47)66(3,4)5/h6-40H,1-5H3. The van der Waals surface area contributed by atoms with Gasteiger partial charge in [0.1, 0.15) is 11.5 Å². The van der Waals surface area contributed by atoms with Crippen molar-refractivity contribution in [2.24, 2.45) is 0 Å². The third-order valence-electron chi connectivity index (χ3n) is 14.0. The van der Waals surface area contributed by atoms with Gasteiger partial charge < -0.3 is 14.5 Å². The molecule has 0 saturated heterocycles. The molecule has 0 atom stereocenters. The van der Waals surface area contributed by atoms with Crippen LogP contribution < -0.4 is 19.7 Å². The van der Waals surface area contributed by atoms with Crippen molar-refractivity contribution in [2.45, 2.75) is 38.9 Å². The van der Waals surface area contributed by atoms with Crippen LogP contribution >= 0.6 is 0 Å². The lowest BCUT2D eigenvalue weighted by molar-refractivity contribution is 0.487. The van der Waals surface area contributed by atoms with Gasteiger partial charge in [0.25, 0.3) is 0 Å². The van der Waals surface area contributed by atoms with Crippen LogP contribution in [0.15, 0.2) is 212 Å². The first-order valence-corrected chi connectivity index (χ1v) is 26.6. The van der Waals surface area contributed by atoms with E-state index in [0.29, 0.717) is 0 Å². The number of nitrogens with zero attached hydrogens (tertiary/aromatic N) is 2. The number of benzene rings is 10. The zero-order valence-corrected chi connectivity index (χ0v) is 39.0. The summed E-state index contributed by atoms with van der Waals surface area (Å²) in [5.74, 6) is 1.74. The number of rotatable bonds is 8. The Labute approximate surface area is 388 Å². The molecule has 0 aromatic heterocycles. The van der Waals surface area contributed by atoms with E-state index in [1.807, 2.05) is 0 Å². The minimum absolute atomic E-state index is 0.106. The van der Waals surface area contributed by atoms with E-state index in [2.05, 4.69) is 256 Å².